The Kier molecular flexibility index (Phi) is 3.54. The van der Waals surface area contributed by atoms with Crippen molar-refractivity contribution in [2.24, 2.45) is 0 Å². The Bertz CT molecular complexity index is 413. The Hall–Kier alpha value is -1.46. The molecular weight excluding hydrogens is 246 g/mol. The second-order valence-electron chi connectivity index (χ2n) is 3.36. The Labute approximate surface area is 93.6 Å². The zero-order valence-electron chi connectivity index (χ0n) is 8.49. The van der Waals surface area contributed by atoms with Gasteiger partial charge in [0.2, 0.25) is 0 Å². The summed E-state index contributed by atoms with van der Waals surface area (Å²) in [4.78, 5) is 0. The predicted octanol–water partition coefficient (Wildman–Crippen LogP) is 4.45. The molecule has 1 rings (SSSR count). The molecule has 0 fully saturated rings. The van der Waals surface area contributed by atoms with E-state index in [0.717, 1.165) is 6.08 Å². The first kappa shape index (κ1) is 13.6. The molecule has 0 aliphatic rings. The third-order valence-corrected chi connectivity index (χ3v) is 2.10. The number of alkyl halides is 6. The van der Waals surface area contributed by atoms with Crippen LogP contribution in [-0.4, -0.2) is 0 Å². The third kappa shape index (κ3) is 3.25. The summed E-state index contributed by atoms with van der Waals surface area (Å²) in [5.41, 5.74) is -2.59. The fraction of sp³-hybridized carbons (Fsp3) is 0.273. The number of allylic oxidation sites excluding steroid dienone is 1. The van der Waals surface area contributed by atoms with Gasteiger partial charge in [-0.15, -0.1) is 6.58 Å². The van der Waals surface area contributed by atoms with E-state index in [0.29, 0.717) is 18.2 Å². The van der Waals surface area contributed by atoms with Gasteiger partial charge in [0, 0.05) is 0 Å². The van der Waals surface area contributed by atoms with Gasteiger partial charge in [-0.1, -0.05) is 6.08 Å². The molecule has 0 amide bonds. The van der Waals surface area contributed by atoms with Gasteiger partial charge in [-0.05, 0) is 30.2 Å². The number of rotatable bonds is 2. The summed E-state index contributed by atoms with van der Waals surface area (Å²) < 4.78 is 74.4. The molecule has 0 saturated heterocycles. The minimum absolute atomic E-state index is 0.265. The highest BCUT2D eigenvalue weighted by Gasteiger charge is 2.36. The number of hydrogen-bond acceptors (Lipinski definition) is 0. The van der Waals surface area contributed by atoms with Crippen molar-refractivity contribution in [3.8, 4) is 0 Å². The lowest BCUT2D eigenvalue weighted by atomic mass is 10.0. The molecule has 0 unspecified atom stereocenters. The maximum atomic E-state index is 12.5. The molecule has 0 radical (unpaired) electrons. The second-order valence-corrected chi connectivity index (χ2v) is 3.36. The topological polar surface area (TPSA) is 0 Å². The van der Waals surface area contributed by atoms with Crippen molar-refractivity contribution in [1.82, 2.24) is 0 Å². The molecule has 0 aliphatic carbocycles. The van der Waals surface area contributed by atoms with Gasteiger partial charge in [-0.25, -0.2) is 0 Å². The van der Waals surface area contributed by atoms with Crippen LogP contribution in [0.15, 0.2) is 30.9 Å². The quantitative estimate of drug-likeness (QED) is 0.540. The van der Waals surface area contributed by atoms with Crippen LogP contribution >= 0.6 is 0 Å². The standard InChI is InChI=1S/C11H8F6/c1-2-3-7-6-8(10(12,13)14)4-5-9(7)11(15,16)17/h2,4-6H,1,3H2. The fourth-order valence-electron chi connectivity index (χ4n) is 1.37. The molecule has 0 bridgehead atoms. The van der Waals surface area contributed by atoms with Crippen molar-refractivity contribution < 1.29 is 26.3 Å². The van der Waals surface area contributed by atoms with E-state index in [1.165, 1.54) is 0 Å². The Balaban J connectivity index is 3.32. The van der Waals surface area contributed by atoms with E-state index in [1.807, 2.05) is 0 Å². The van der Waals surface area contributed by atoms with Crippen molar-refractivity contribution in [2.45, 2.75) is 18.8 Å². The van der Waals surface area contributed by atoms with Crippen LogP contribution in [0.4, 0.5) is 26.3 Å². The summed E-state index contributed by atoms with van der Waals surface area (Å²) in [6, 6.07) is 1.38. The molecule has 0 heterocycles. The monoisotopic (exact) mass is 254 g/mol. The van der Waals surface area contributed by atoms with Gasteiger partial charge in [-0.3, -0.25) is 0 Å². The smallest absolute Gasteiger partial charge is 0.166 e. The van der Waals surface area contributed by atoms with Crippen molar-refractivity contribution in [2.75, 3.05) is 0 Å². The average molecular weight is 254 g/mol. The van der Waals surface area contributed by atoms with Crippen LogP contribution in [0, 0.1) is 0 Å². The van der Waals surface area contributed by atoms with Crippen LogP contribution in [0.3, 0.4) is 0 Å². The fourth-order valence-corrected chi connectivity index (χ4v) is 1.37. The molecule has 17 heavy (non-hydrogen) atoms. The number of halogens is 6. The van der Waals surface area contributed by atoms with Crippen LogP contribution in [-0.2, 0) is 18.8 Å². The Morgan fingerprint density at radius 1 is 1.00 bits per heavy atom. The van der Waals surface area contributed by atoms with Gasteiger partial charge in [-0.2, -0.15) is 26.3 Å². The molecule has 6 heteroatoms. The van der Waals surface area contributed by atoms with E-state index in [4.69, 9.17) is 0 Å². The van der Waals surface area contributed by atoms with Gasteiger partial charge in [0.05, 0.1) is 11.1 Å². The lowest BCUT2D eigenvalue weighted by Crippen LogP contribution is -2.12. The van der Waals surface area contributed by atoms with Crippen molar-refractivity contribution >= 4 is 0 Å². The second kappa shape index (κ2) is 4.43. The van der Waals surface area contributed by atoms with E-state index < -0.39 is 29.0 Å². The summed E-state index contributed by atoms with van der Waals surface area (Å²) in [6.45, 7) is 3.22. The normalized spacial score (nSPS) is 12.6. The zero-order valence-corrected chi connectivity index (χ0v) is 8.49. The Morgan fingerprint density at radius 2 is 1.59 bits per heavy atom. The lowest BCUT2D eigenvalue weighted by molar-refractivity contribution is -0.141. The summed E-state index contributed by atoms with van der Waals surface area (Å²) in [7, 11) is 0. The molecule has 0 spiro atoms. The molecule has 0 N–H and O–H groups in total. The third-order valence-electron chi connectivity index (χ3n) is 2.10. The summed E-state index contributed by atoms with van der Waals surface area (Å²) in [6.07, 6.45) is -8.45. The molecule has 0 atom stereocenters. The maximum absolute atomic E-state index is 12.5. The molecule has 0 saturated carbocycles. The SMILES string of the molecule is C=CCc1cc(C(F)(F)F)ccc1C(F)(F)F. The summed E-state index contributed by atoms with van der Waals surface area (Å²) in [5, 5.41) is 0. The molecular formula is C11H8F6. The Morgan fingerprint density at radius 3 is 2.00 bits per heavy atom. The van der Waals surface area contributed by atoms with E-state index >= 15 is 0 Å². The molecule has 1 aromatic carbocycles. The first-order valence-corrected chi connectivity index (χ1v) is 4.54. The van der Waals surface area contributed by atoms with Gasteiger partial charge < -0.3 is 0 Å². The first-order valence-electron chi connectivity index (χ1n) is 4.54. The van der Waals surface area contributed by atoms with Crippen LogP contribution in [0.5, 0.6) is 0 Å². The van der Waals surface area contributed by atoms with Gasteiger partial charge in [0.25, 0.3) is 0 Å². The highest BCUT2D eigenvalue weighted by atomic mass is 19.4. The highest BCUT2D eigenvalue weighted by molar-refractivity contribution is 5.36. The first-order chi connectivity index (χ1) is 7.66. The molecule has 0 aromatic heterocycles. The largest absolute Gasteiger partial charge is 0.416 e. The van der Waals surface area contributed by atoms with E-state index in [9.17, 15) is 26.3 Å². The molecule has 94 valence electrons. The van der Waals surface area contributed by atoms with Crippen molar-refractivity contribution in [3.63, 3.8) is 0 Å². The van der Waals surface area contributed by atoms with Crippen molar-refractivity contribution in [1.29, 1.82) is 0 Å². The minimum Gasteiger partial charge on any atom is -0.166 e. The molecule has 1 aromatic rings. The van der Waals surface area contributed by atoms with Gasteiger partial charge >= 0.3 is 12.4 Å². The average Bonchev–Trinajstić information content (AvgIpc) is 2.15. The van der Waals surface area contributed by atoms with Crippen LogP contribution < -0.4 is 0 Å². The van der Waals surface area contributed by atoms with Crippen LogP contribution in [0.2, 0.25) is 0 Å². The van der Waals surface area contributed by atoms with Crippen molar-refractivity contribution in [3.05, 3.63) is 47.5 Å². The van der Waals surface area contributed by atoms with E-state index in [2.05, 4.69) is 6.58 Å². The van der Waals surface area contributed by atoms with Crippen LogP contribution in [0.25, 0.3) is 0 Å². The minimum atomic E-state index is -4.66. The number of benzene rings is 1. The van der Waals surface area contributed by atoms with E-state index in [-0.39, 0.29) is 6.42 Å². The predicted molar refractivity (Wildman–Crippen MR) is 50.3 cm³/mol. The van der Waals surface area contributed by atoms with Crippen LogP contribution in [0.1, 0.15) is 16.7 Å². The van der Waals surface area contributed by atoms with E-state index in [1.54, 1.807) is 0 Å². The molecule has 0 nitrogen and oxygen atoms in total. The highest BCUT2D eigenvalue weighted by Crippen LogP contribution is 2.36. The van der Waals surface area contributed by atoms with Gasteiger partial charge in [0.15, 0.2) is 0 Å². The zero-order chi connectivity index (χ0) is 13.3. The lowest BCUT2D eigenvalue weighted by Gasteiger charge is -2.14. The maximum Gasteiger partial charge on any atom is 0.416 e. The summed E-state index contributed by atoms with van der Waals surface area (Å²) in [5.74, 6) is 0. The number of hydrogen-bond donors (Lipinski definition) is 0. The molecule has 0 aliphatic heterocycles. The summed E-state index contributed by atoms with van der Waals surface area (Å²) >= 11 is 0. The van der Waals surface area contributed by atoms with Gasteiger partial charge in [0.1, 0.15) is 0 Å².